The van der Waals surface area contributed by atoms with Crippen molar-refractivity contribution in [3.63, 3.8) is 0 Å². The molecule has 120 valence electrons. The lowest BCUT2D eigenvalue weighted by Crippen LogP contribution is -2.38. The van der Waals surface area contributed by atoms with E-state index in [0.29, 0.717) is 15.1 Å². The summed E-state index contributed by atoms with van der Waals surface area (Å²) in [5.41, 5.74) is 1.41. The second-order valence-electron chi connectivity index (χ2n) is 7.44. The van der Waals surface area contributed by atoms with E-state index in [1.807, 2.05) is 0 Å². The molecule has 0 aromatic heterocycles. The molecule has 0 aliphatic heterocycles. The summed E-state index contributed by atoms with van der Waals surface area (Å²) in [6.45, 7) is 12.1. The highest BCUT2D eigenvalue weighted by molar-refractivity contribution is 6.39. The van der Waals surface area contributed by atoms with Crippen molar-refractivity contribution in [3.8, 4) is 0 Å². The van der Waals surface area contributed by atoms with Crippen LogP contribution in [-0.2, 0) is 6.42 Å². The van der Waals surface area contributed by atoms with Gasteiger partial charge in [-0.25, -0.2) is 0 Å². The molecule has 0 aliphatic carbocycles. The maximum absolute atomic E-state index is 6.25. The Morgan fingerprint density at radius 3 is 1.90 bits per heavy atom. The molecule has 0 aliphatic rings. The monoisotopic (exact) mass is 349 g/mol. The summed E-state index contributed by atoms with van der Waals surface area (Å²) in [5.74, 6) is 0. The third-order valence-electron chi connectivity index (χ3n) is 3.61. The molecule has 21 heavy (non-hydrogen) atoms. The van der Waals surface area contributed by atoms with E-state index in [9.17, 15) is 0 Å². The molecule has 0 amide bonds. The fourth-order valence-corrected chi connectivity index (χ4v) is 3.18. The van der Waals surface area contributed by atoms with Gasteiger partial charge in [-0.2, -0.15) is 0 Å². The van der Waals surface area contributed by atoms with Crippen LogP contribution in [0.5, 0.6) is 0 Å². The van der Waals surface area contributed by atoms with Gasteiger partial charge in [-0.1, -0.05) is 48.7 Å². The molecule has 0 spiro atoms. The first-order valence-electron chi connectivity index (χ1n) is 7.39. The number of benzene rings is 1. The second-order valence-corrected chi connectivity index (χ2v) is 8.69. The predicted molar refractivity (Wildman–Crippen MR) is 95.9 cm³/mol. The van der Waals surface area contributed by atoms with Crippen LogP contribution in [0.3, 0.4) is 0 Å². The Kier molecular flexibility index (Phi) is 6.86. The van der Waals surface area contributed by atoms with Crippen LogP contribution in [-0.4, -0.2) is 12.1 Å². The molecule has 0 fully saturated rings. The van der Waals surface area contributed by atoms with Crippen LogP contribution in [0.1, 0.15) is 53.0 Å². The molecule has 4 heteroatoms. The normalized spacial score (nSPS) is 12.8. The zero-order valence-electron chi connectivity index (χ0n) is 13.6. The predicted octanol–water partition coefficient (Wildman–Crippen LogP) is 6.38. The molecular formula is C17H26Cl3N. The van der Waals surface area contributed by atoms with Crippen molar-refractivity contribution in [1.29, 1.82) is 0 Å². The van der Waals surface area contributed by atoms with Crippen LogP contribution in [0.25, 0.3) is 0 Å². The molecular weight excluding hydrogens is 325 g/mol. The minimum absolute atomic E-state index is 0.166. The van der Waals surface area contributed by atoms with Crippen LogP contribution >= 0.6 is 34.8 Å². The van der Waals surface area contributed by atoms with Crippen LogP contribution in [0.4, 0.5) is 0 Å². The summed E-state index contributed by atoms with van der Waals surface area (Å²) < 4.78 is 0. The summed E-state index contributed by atoms with van der Waals surface area (Å²) >= 11 is 18.4. The smallest absolute Gasteiger partial charge is 0.0467 e. The molecule has 0 atom stereocenters. The third kappa shape index (κ3) is 7.23. The van der Waals surface area contributed by atoms with E-state index in [-0.39, 0.29) is 11.0 Å². The van der Waals surface area contributed by atoms with Gasteiger partial charge >= 0.3 is 0 Å². The van der Waals surface area contributed by atoms with Gasteiger partial charge in [-0.05, 0) is 69.7 Å². The van der Waals surface area contributed by atoms with Gasteiger partial charge in [-0.3, -0.25) is 0 Å². The summed E-state index contributed by atoms with van der Waals surface area (Å²) in [4.78, 5) is 0. The van der Waals surface area contributed by atoms with Crippen molar-refractivity contribution in [2.75, 3.05) is 6.54 Å². The van der Waals surface area contributed by atoms with Gasteiger partial charge < -0.3 is 5.32 Å². The number of hydrogen-bond acceptors (Lipinski definition) is 1. The van der Waals surface area contributed by atoms with E-state index >= 15 is 0 Å². The summed E-state index contributed by atoms with van der Waals surface area (Å²) in [6, 6.07) is 3.52. The molecule has 1 nitrogen and oxygen atoms in total. The molecule has 1 aromatic carbocycles. The van der Waals surface area contributed by atoms with E-state index in [2.05, 4.69) is 39.9 Å². The van der Waals surface area contributed by atoms with Crippen LogP contribution < -0.4 is 5.32 Å². The molecule has 1 N–H and O–H groups in total. The zero-order valence-corrected chi connectivity index (χ0v) is 15.9. The molecule has 0 bridgehead atoms. The lowest BCUT2D eigenvalue weighted by atomic mass is 9.83. The summed E-state index contributed by atoms with van der Waals surface area (Å²) in [6.07, 6.45) is 3.03. The van der Waals surface area contributed by atoms with E-state index in [0.717, 1.165) is 31.4 Å². The lowest BCUT2D eigenvalue weighted by molar-refractivity contribution is 0.284. The average molecular weight is 351 g/mol. The molecule has 1 rings (SSSR count). The Morgan fingerprint density at radius 1 is 0.905 bits per heavy atom. The van der Waals surface area contributed by atoms with Crippen molar-refractivity contribution in [3.05, 3.63) is 32.8 Å². The SMILES string of the molecule is CC(C)(CCNC(C)(C)C)CCc1c(Cl)cc(Cl)cc1Cl. The number of hydrogen-bond donors (Lipinski definition) is 1. The van der Waals surface area contributed by atoms with Gasteiger partial charge in [0, 0.05) is 20.6 Å². The maximum atomic E-state index is 6.25. The minimum Gasteiger partial charge on any atom is -0.312 e. The zero-order chi connectivity index (χ0) is 16.3. The first kappa shape index (κ1) is 19.1. The van der Waals surface area contributed by atoms with Gasteiger partial charge in [0.1, 0.15) is 0 Å². The Bertz CT molecular complexity index is 452. The average Bonchev–Trinajstić information content (AvgIpc) is 2.24. The second kappa shape index (κ2) is 7.55. The maximum Gasteiger partial charge on any atom is 0.0467 e. The molecule has 0 radical (unpaired) electrons. The fraction of sp³-hybridized carbons (Fsp3) is 0.647. The lowest BCUT2D eigenvalue weighted by Gasteiger charge is -2.28. The Morgan fingerprint density at radius 2 is 1.43 bits per heavy atom. The Balaban J connectivity index is 2.57. The van der Waals surface area contributed by atoms with Crippen molar-refractivity contribution < 1.29 is 0 Å². The molecule has 0 heterocycles. The standard InChI is InChI=1S/C17H26Cl3N/c1-16(2,3)21-9-8-17(4,5)7-6-13-14(19)10-12(18)11-15(13)20/h10-11,21H,6-9H2,1-5H3. The minimum atomic E-state index is 0.166. The van der Waals surface area contributed by atoms with E-state index in [1.54, 1.807) is 12.1 Å². The first-order chi connectivity index (χ1) is 9.50. The van der Waals surface area contributed by atoms with E-state index < -0.39 is 0 Å². The largest absolute Gasteiger partial charge is 0.312 e. The van der Waals surface area contributed by atoms with Gasteiger partial charge in [0.15, 0.2) is 0 Å². The van der Waals surface area contributed by atoms with Gasteiger partial charge in [0.2, 0.25) is 0 Å². The molecule has 0 unspecified atom stereocenters. The highest BCUT2D eigenvalue weighted by atomic mass is 35.5. The van der Waals surface area contributed by atoms with E-state index in [4.69, 9.17) is 34.8 Å². The third-order valence-corrected chi connectivity index (χ3v) is 4.51. The van der Waals surface area contributed by atoms with Crippen molar-refractivity contribution in [2.24, 2.45) is 5.41 Å². The van der Waals surface area contributed by atoms with Gasteiger partial charge in [0.25, 0.3) is 0 Å². The quantitative estimate of drug-likeness (QED) is 0.627. The molecule has 0 saturated carbocycles. The highest BCUT2D eigenvalue weighted by Gasteiger charge is 2.20. The van der Waals surface area contributed by atoms with Crippen LogP contribution in [0, 0.1) is 5.41 Å². The van der Waals surface area contributed by atoms with Crippen LogP contribution in [0.2, 0.25) is 15.1 Å². The Labute approximate surface area is 144 Å². The van der Waals surface area contributed by atoms with Crippen molar-refractivity contribution in [1.82, 2.24) is 5.32 Å². The van der Waals surface area contributed by atoms with E-state index in [1.165, 1.54) is 0 Å². The highest BCUT2D eigenvalue weighted by Crippen LogP contribution is 2.33. The van der Waals surface area contributed by atoms with Gasteiger partial charge in [0.05, 0.1) is 0 Å². The topological polar surface area (TPSA) is 12.0 Å². The van der Waals surface area contributed by atoms with Gasteiger partial charge in [-0.15, -0.1) is 0 Å². The molecule has 0 saturated heterocycles. The fourth-order valence-electron chi connectivity index (χ4n) is 2.18. The number of halogens is 3. The van der Waals surface area contributed by atoms with Crippen molar-refractivity contribution >= 4 is 34.8 Å². The molecule has 1 aromatic rings. The number of nitrogens with one attached hydrogen (secondary N) is 1. The van der Waals surface area contributed by atoms with Crippen LogP contribution in [0.15, 0.2) is 12.1 Å². The number of rotatable bonds is 6. The summed E-state index contributed by atoms with van der Waals surface area (Å²) in [7, 11) is 0. The Hall–Kier alpha value is 0.0500. The van der Waals surface area contributed by atoms with Crippen molar-refractivity contribution in [2.45, 2.75) is 59.4 Å². The summed E-state index contributed by atoms with van der Waals surface area (Å²) in [5, 5.41) is 5.45. The first-order valence-corrected chi connectivity index (χ1v) is 8.52.